The van der Waals surface area contributed by atoms with Crippen LogP contribution in [0.4, 0.5) is 4.79 Å². The number of nitro groups is 1. The van der Waals surface area contributed by atoms with Gasteiger partial charge in [0.25, 0.3) is 5.96 Å². The predicted molar refractivity (Wildman–Crippen MR) is 166 cm³/mol. The third kappa shape index (κ3) is 9.20. The number of nitrogens with two attached hydrogens (primary N) is 1. The Balaban J connectivity index is 1.64. The highest BCUT2D eigenvalue weighted by atomic mass is 16.7. The summed E-state index contributed by atoms with van der Waals surface area (Å²) in [6.07, 6.45) is 8.73. The number of nitrogens with one attached hydrogen (secondary N) is 4. The Morgan fingerprint density at radius 2 is 1.84 bits per heavy atom. The topological polar surface area (TPSA) is 182 Å². The number of unbranched alkanes of at least 4 members (excludes halogenated alkanes) is 4. The fourth-order valence-corrected chi connectivity index (χ4v) is 7.13. The van der Waals surface area contributed by atoms with Gasteiger partial charge >= 0.3 is 13.1 Å². The van der Waals surface area contributed by atoms with Gasteiger partial charge in [0.05, 0.1) is 17.6 Å². The first-order valence-electron chi connectivity index (χ1n) is 16.2. The number of urea groups is 1. The smallest absolute Gasteiger partial charge is 0.404 e. The van der Waals surface area contributed by atoms with Crippen molar-refractivity contribution < 1.29 is 23.9 Å². The zero-order valence-corrected chi connectivity index (χ0v) is 26.9. The van der Waals surface area contributed by atoms with E-state index >= 15 is 0 Å². The van der Waals surface area contributed by atoms with Gasteiger partial charge in [0.1, 0.15) is 6.04 Å². The zero-order valence-electron chi connectivity index (χ0n) is 26.9. The molecule has 0 spiro atoms. The summed E-state index contributed by atoms with van der Waals surface area (Å²) in [7, 11) is -0.577. The maximum Gasteiger partial charge on any atom is 0.481 e. The molecule has 13 nitrogen and oxygen atoms in total. The minimum absolute atomic E-state index is 0.00559. The van der Waals surface area contributed by atoms with Gasteiger partial charge in [0.15, 0.2) is 5.03 Å². The average molecular weight is 608 g/mol. The Bertz CT molecular complexity index is 998. The molecule has 3 saturated carbocycles. The molecule has 1 aliphatic heterocycles. The maximum absolute atomic E-state index is 13.7. The van der Waals surface area contributed by atoms with Gasteiger partial charge in [-0.2, -0.15) is 0 Å². The molecule has 4 aliphatic rings. The van der Waals surface area contributed by atoms with Crippen LogP contribution >= 0.6 is 0 Å². The van der Waals surface area contributed by atoms with Crippen LogP contribution in [0.2, 0.25) is 0 Å². The van der Waals surface area contributed by atoms with Crippen molar-refractivity contribution in [3.8, 4) is 0 Å². The van der Waals surface area contributed by atoms with Gasteiger partial charge in [-0.15, -0.1) is 0 Å². The molecule has 3 aliphatic carbocycles. The molecule has 0 aromatic carbocycles. The lowest BCUT2D eigenvalue weighted by molar-refractivity contribution is -0.525. The van der Waals surface area contributed by atoms with Crippen LogP contribution in [0.5, 0.6) is 0 Å². The first-order valence-corrected chi connectivity index (χ1v) is 16.2. The van der Waals surface area contributed by atoms with Crippen LogP contribution in [-0.2, 0) is 14.1 Å². The van der Waals surface area contributed by atoms with E-state index in [1.165, 1.54) is 6.42 Å². The molecule has 43 heavy (non-hydrogen) atoms. The summed E-state index contributed by atoms with van der Waals surface area (Å²) in [4.78, 5) is 41.0. The average Bonchev–Trinajstić information content (AvgIpc) is 3.28. The van der Waals surface area contributed by atoms with Crippen LogP contribution in [0.1, 0.15) is 106 Å². The number of rotatable bonds is 17. The van der Waals surface area contributed by atoms with Crippen LogP contribution in [0, 0.1) is 33.3 Å². The number of carbonyl (C=O) groups excluding carboxylic acids is 2. The van der Waals surface area contributed by atoms with Gasteiger partial charge in [-0.25, -0.2) is 19.9 Å². The molecule has 1 heterocycles. The fraction of sp³-hybridized carbons (Fsp3) is 0.897. The Hall–Kier alpha value is -2.61. The predicted octanol–water partition coefficient (Wildman–Crippen LogP) is 3.30. The minimum Gasteiger partial charge on any atom is -0.404 e. The molecule has 0 aromatic heterocycles. The molecule has 4 fully saturated rings. The van der Waals surface area contributed by atoms with E-state index in [0.29, 0.717) is 31.2 Å². The van der Waals surface area contributed by atoms with E-state index in [2.05, 4.69) is 62.5 Å². The second kappa shape index (κ2) is 15.4. The molecule has 1 saturated heterocycles. The largest absolute Gasteiger partial charge is 0.481 e. The summed E-state index contributed by atoms with van der Waals surface area (Å²) in [5, 5.41) is 18.6. The molecule has 0 aromatic rings. The van der Waals surface area contributed by atoms with E-state index in [4.69, 9.17) is 15.0 Å². The van der Waals surface area contributed by atoms with Crippen molar-refractivity contribution in [2.75, 3.05) is 13.1 Å². The molecule has 4 rings (SSSR count). The van der Waals surface area contributed by atoms with Gasteiger partial charge < -0.3 is 31.0 Å². The molecule has 0 radical (unpaired) electrons. The van der Waals surface area contributed by atoms with Crippen molar-refractivity contribution in [3.63, 3.8) is 0 Å². The minimum atomic E-state index is -0.847. The van der Waals surface area contributed by atoms with Crippen molar-refractivity contribution in [3.05, 3.63) is 10.1 Å². The monoisotopic (exact) mass is 607 g/mol. The molecule has 3 amide bonds. The van der Waals surface area contributed by atoms with Crippen molar-refractivity contribution in [2.24, 2.45) is 33.9 Å². The van der Waals surface area contributed by atoms with E-state index < -0.39 is 29.8 Å². The quantitative estimate of drug-likeness (QED) is 0.0417. The van der Waals surface area contributed by atoms with Gasteiger partial charge in [-0.1, -0.05) is 65.7 Å². The van der Waals surface area contributed by atoms with E-state index in [1.54, 1.807) is 5.43 Å². The summed E-state index contributed by atoms with van der Waals surface area (Å²) in [6, 6.07) is -1.26. The second-order valence-corrected chi connectivity index (χ2v) is 13.7. The highest BCUT2D eigenvalue weighted by Gasteiger charge is 2.68. The number of aliphatic imine (C=N–C) groups is 1. The van der Waals surface area contributed by atoms with E-state index in [9.17, 15) is 19.7 Å². The van der Waals surface area contributed by atoms with Crippen LogP contribution in [-0.4, -0.2) is 66.8 Å². The summed E-state index contributed by atoms with van der Waals surface area (Å²) >= 11 is 0. The summed E-state index contributed by atoms with van der Waals surface area (Å²) in [5.74, 6) is 0.254. The summed E-state index contributed by atoms with van der Waals surface area (Å²) in [6.45, 7) is 13.8. The maximum atomic E-state index is 13.7. The van der Waals surface area contributed by atoms with E-state index in [1.807, 2.05) is 0 Å². The normalized spacial score (nSPS) is 27.1. The summed E-state index contributed by atoms with van der Waals surface area (Å²) in [5.41, 5.74) is 7.13. The fourth-order valence-electron chi connectivity index (χ4n) is 7.13. The highest BCUT2D eigenvalue weighted by molar-refractivity contribution is 6.48. The van der Waals surface area contributed by atoms with Crippen molar-refractivity contribution in [2.45, 2.75) is 129 Å². The molecule has 2 bridgehead atoms. The molecule has 14 heteroatoms. The number of carbonyl (C=O) groups is 2. The lowest BCUT2D eigenvalue weighted by Gasteiger charge is -2.64. The molecular weight excluding hydrogens is 553 g/mol. The molecule has 244 valence electrons. The standard InChI is InChI=1S/C29H54BN7O6/c1-7-8-9-10-11-14-33-27(39)34-21(13-12-15-32-26(31)36-37(40)41)25(38)35-24(16-19(2)3)30-42-23-18-20-17-22(28(20,4)5)29(23,6)43-30/h19-24H,7-18H2,1-6H3,(H,35,38)(H3,31,32,36)(H2,33,34,39)/t20-,21-,22-,23+,24-,29-/m0/s1. The Morgan fingerprint density at radius 1 is 1.12 bits per heavy atom. The number of amides is 3. The van der Waals surface area contributed by atoms with E-state index in [-0.39, 0.29) is 48.2 Å². The lowest BCUT2D eigenvalue weighted by atomic mass is 9.43. The number of nitrogens with zero attached hydrogens (tertiary/aromatic N) is 2. The molecule has 6 atom stereocenters. The number of hydrogen-bond donors (Lipinski definition) is 5. The van der Waals surface area contributed by atoms with Crippen LogP contribution in [0.25, 0.3) is 0 Å². The summed E-state index contributed by atoms with van der Waals surface area (Å²) < 4.78 is 13.2. The van der Waals surface area contributed by atoms with Crippen molar-refractivity contribution in [1.29, 1.82) is 0 Å². The number of guanidine groups is 1. The first kappa shape index (κ1) is 34.9. The third-order valence-corrected chi connectivity index (χ3v) is 9.68. The Kier molecular flexibility index (Phi) is 12.5. The van der Waals surface area contributed by atoms with Gasteiger partial charge in [-0.3, -0.25) is 4.79 Å². The van der Waals surface area contributed by atoms with Gasteiger partial charge in [0, 0.05) is 13.1 Å². The highest BCUT2D eigenvalue weighted by Crippen LogP contribution is 2.65. The molecular formula is C29H54BN7O6. The second-order valence-electron chi connectivity index (χ2n) is 13.7. The van der Waals surface area contributed by atoms with Gasteiger partial charge in [-0.05, 0) is 68.6 Å². The van der Waals surface area contributed by atoms with Gasteiger partial charge in [0.2, 0.25) is 5.91 Å². The lowest BCUT2D eigenvalue weighted by Crippen LogP contribution is -2.65. The first-order chi connectivity index (χ1) is 20.3. The van der Waals surface area contributed by atoms with Crippen molar-refractivity contribution in [1.82, 2.24) is 21.4 Å². The Morgan fingerprint density at radius 3 is 2.49 bits per heavy atom. The van der Waals surface area contributed by atoms with Crippen LogP contribution in [0.15, 0.2) is 4.99 Å². The zero-order chi connectivity index (χ0) is 31.8. The number of hydrazine groups is 1. The third-order valence-electron chi connectivity index (χ3n) is 9.68. The van der Waals surface area contributed by atoms with E-state index in [0.717, 1.165) is 38.5 Å². The Labute approximate surface area is 256 Å². The SMILES string of the molecule is CCCCCCCNC(=O)N[C@@H](CCCN=C(N)N[N+](=O)[O-])C(=O)N[C@@H](CC(C)C)B1O[C@@H]2C[C@@H]3C[C@@H](C3(C)C)[C@]2(C)O1. The number of hydrogen-bond acceptors (Lipinski definition) is 7. The molecule has 0 unspecified atom stereocenters. The van der Waals surface area contributed by atoms with Crippen LogP contribution < -0.4 is 27.1 Å². The van der Waals surface area contributed by atoms with Crippen molar-refractivity contribution >= 4 is 25.0 Å². The molecule has 6 N–H and O–H groups in total. The van der Waals surface area contributed by atoms with Crippen LogP contribution in [0.3, 0.4) is 0 Å².